The van der Waals surface area contributed by atoms with Gasteiger partial charge in [-0.25, -0.2) is 9.50 Å². The molecule has 3 rings (SSSR count). The van der Waals surface area contributed by atoms with Crippen molar-refractivity contribution in [2.75, 3.05) is 0 Å². The molecule has 102 valence electrons. The average Bonchev–Trinajstić information content (AvgIpc) is 2.75. The Labute approximate surface area is 121 Å². The summed E-state index contributed by atoms with van der Waals surface area (Å²) in [5, 5.41) is 3.68. The molecule has 1 N–H and O–H groups in total. The van der Waals surface area contributed by atoms with Gasteiger partial charge in [0, 0.05) is 34.5 Å². The number of benzene rings is 1. The second kappa shape index (κ2) is 4.80. The predicted molar refractivity (Wildman–Crippen MR) is 79.5 cm³/mol. The summed E-state index contributed by atoms with van der Waals surface area (Å²) >= 11 is 5.98. The molecule has 1 aromatic carbocycles. The molecular formula is C15H14ClN3O. The van der Waals surface area contributed by atoms with Crippen LogP contribution < -0.4 is 5.56 Å². The smallest absolute Gasteiger partial charge is 0.276 e. The number of H-pyrrole nitrogens is 1. The first-order valence-corrected chi connectivity index (χ1v) is 6.74. The molecule has 20 heavy (non-hydrogen) atoms. The van der Waals surface area contributed by atoms with E-state index < -0.39 is 0 Å². The third kappa shape index (κ3) is 2.23. The summed E-state index contributed by atoms with van der Waals surface area (Å²) in [7, 11) is 0. The van der Waals surface area contributed by atoms with Gasteiger partial charge in [-0.3, -0.25) is 9.89 Å². The second-order valence-electron chi connectivity index (χ2n) is 4.92. The average molecular weight is 288 g/mol. The van der Waals surface area contributed by atoms with Crippen molar-refractivity contribution in [1.82, 2.24) is 14.6 Å². The molecule has 4 nitrogen and oxygen atoms in total. The Balaban J connectivity index is 2.14. The minimum Gasteiger partial charge on any atom is -0.294 e. The fraction of sp³-hybridized carbons (Fsp3) is 0.200. The highest BCUT2D eigenvalue weighted by Crippen LogP contribution is 2.15. The van der Waals surface area contributed by atoms with Crippen molar-refractivity contribution in [2.24, 2.45) is 0 Å². The lowest BCUT2D eigenvalue weighted by atomic mass is 10.1. The van der Waals surface area contributed by atoms with E-state index in [0.29, 0.717) is 22.7 Å². The fourth-order valence-corrected chi connectivity index (χ4v) is 2.56. The Morgan fingerprint density at radius 2 is 2.10 bits per heavy atom. The van der Waals surface area contributed by atoms with Crippen LogP contribution in [0.15, 0.2) is 35.1 Å². The maximum atomic E-state index is 12.5. The fourth-order valence-electron chi connectivity index (χ4n) is 2.34. The molecule has 0 aliphatic rings. The van der Waals surface area contributed by atoms with Crippen LogP contribution in [0.1, 0.15) is 22.5 Å². The topological polar surface area (TPSA) is 50.2 Å². The molecule has 0 aliphatic carbocycles. The van der Waals surface area contributed by atoms with E-state index in [0.717, 1.165) is 17.0 Å². The van der Waals surface area contributed by atoms with Crippen molar-refractivity contribution in [1.29, 1.82) is 0 Å². The zero-order valence-corrected chi connectivity index (χ0v) is 12.0. The van der Waals surface area contributed by atoms with E-state index >= 15 is 0 Å². The zero-order chi connectivity index (χ0) is 14.3. The van der Waals surface area contributed by atoms with E-state index in [1.165, 1.54) is 4.52 Å². The number of nitrogens with zero attached hydrogens (tertiary/aromatic N) is 2. The van der Waals surface area contributed by atoms with Crippen LogP contribution in [-0.2, 0) is 6.42 Å². The van der Waals surface area contributed by atoms with E-state index in [-0.39, 0.29) is 5.56 Å². The number of rotatable bonds is 2. The van der Waals surface area contributed by atoms with Crippen LogP contribution in [0.25, 0.3) is 5.65 Å². The Bertz CT molecular complexity index is 848. The van der Waals surface area contributed by atoms with Crippen LogP contribution in [-0.4, -0.2) is 14.6 Å². The van der Waals surface area contributed by atoms with Gasteiger partial charge < -0.3 is 0 Å². The van der Waals surface area contributed by atoms with Gasteiger partial charge in [-0.15, -0.1) is 0 Å². The molecule has 0 saturated carbocycles. The van der Waals surface area contributed by atoms with Crippen molar-refractivity contribution in [3.63, 3.8) is 0 Å². The second-order valence-corrected chi connectivity index (χ2v) is 5.36. The third-order valence-electron chi connectivity index (χ3n) is 3.31. The first-order chi connectivity index (χ1) is 9.54. The number of halogens is 1. The molecule has 0 fully saturated rings. The molecule has 3 aromatic rings. The monoisotopic (exact) mass is 287 g/mol. The maximum absolute atomic E-state index is 12.5. The Hall–Kier alpha value is -2.07. The van der Waals surface area contributed by atoms with Gasteiger partial charge in [0.2, 0.25) is 0 Å². The van der Waals surface area contributed by atoms with Gasteiger partial charge in [-0.2, -0.15) is 0 Å². The number of hydrogen-bond acceptors (Lipinski definition) is 2. The largest absolute Gasteiger partial charge is 0.294 e. The summed E-state index contributed by atoms with van der Waals surface area (Å²) in [6.45, 7) is 3.77. The maximum Gasteiger partial charge on any atom is 0.276 e. The van der Waals surface area contributed by atoms with Crippen LogP contribution in [0.2, 0.25) is 5.02 Å². The molecule has 0 saturated heterocycles. The molecule has 2 aromatic heterocycles. The molecule has 5 heteroatoms. The molecule has 2 heterocycles. The highest BCUT2D eigenvalue weighted by molar-refractivity contribution is 6.30. The van der Waals surface area contributed by atoms with Gasteiger partial charge in [-0.1, -0.05) is 23.7 Å². The first-order valence-electron chi connectivity index (χ1n) is 6.37. The van der Waals surface area contributed by atoms with E-state index in [9.17, 15) is 4.79 Å². The third-order valence-corrected chi connectivity index (χ3v) is 3.55. The van der Waals surface area contributed by atoms with E-state index in [1.807, 2.05) is 44.2 Å². The number of fused-ring (bicyclic) bond motifs is 1. The summed E-state index contributed by atoms with van der Waals surface area (Å²) < 4.78 is 1.49. The summed E-state index contributed by atoms with van der Waals surface area (Å²) in [5.74, 6) is 0. The van der Waals surface area contributed by atoms with Crippen LogP contribution in [0, 0.1) is 13.8 Å². The minimum atomic E-state index is -0.0550. The van der Waals surface area contributed by atoms with Crippen molar-refractivity contribution < 1.29 is 0 Å². The number of aromatic amines is 1. The Kier molecular flexibility index (Phi) is 3.10. The molecule has 0 bridgehead atoms. The minimum absolute atomic E-state index is 0.0550. The van der Waals surface area contributed by atoms with E-state index in [1.54, 1.807) is 0 Å². The van der Waals surface area contributed by atoms with Crippen LogP contribution in [0.4, 0.5) is 0 Å². The predicted octanol–water partition coefficient (Wildman–Crippen LogP) is 2.88. The van der Waals surface area contributed by atoms with Gasteiger partial charge in [0.1, 0.15) is 0 Å². The lowest BCUT2D eigenvalue weighted by molar-refractivity contribution is 0.847. The molecular weight excluding hydrogens is 274 g/mol. The van der Waals surface area contributed by atoms with Crippen molar-refractivity contribution in [3.8, 4) is 0 Å². The number of aryl methyl sites for hydroxylation is 2. The van der Waals surface area contributed by atoms with E-state index in [4.69, 9.17) is 11.6 Å². The Morgan fingerprint density at radius 1 is 1.30 bits per heavy atom. The summed E-state index contributed by atoms with van der Waals surface area (Å²) in [6.07, 6.45) is 0.527. The van der Waals surface area contributed by atoms with Crippen molar-refractivity contribution in [3.05, 3.63) is 68.2 Å². The van der Waals surface area contributed by atoms with Gasteiger partial charge in [-0.05, 0) is 31.5 Å². The van der Waals surface area contributed by atoms with Crippen LogP contribution in [0.5, 0.6) is 0 Å². The summed E-state index contributed by atoms with van der Waals surface area (Å²) in [4.78, 5) is 17.0. The van der Waals surface area contributed by atoms with Gasteiger partial charge in [0.05, 0.1) is 0 Å². The molecule has 0 atom stereocenters. The SMILES string of the molecule is Cc1cc2nc(C)c(Cc3cccc(Cl)c3)c(=O)n2[nH]1. The highest BCUT2D eigenvalue weighted by Gasteiger charge is 2.12. The van der Waals surface area contributed by atoms with Gasteiger partial charge >= 0.3 is 0 Å². The molecule has 0 radical (unpaired) electrons. The van der Waals surface area contributed by atoms with E-state index in [2.05, 4.69) is 10.1 Å². The summed E-state index contributed by atoms with van der Waals surface area (Å²) in [5.41, 5.74) is 3.96. The molecule has 0 aliphatic heterocycles. The quantitative estimate of drug-likeness (QED) is 0.788. The number of aromatic nitrogens is 3. The normalized spacial score (nSPS) is 11.2. The first kappa shape index (κ1) is 12.9. The summed E-state index contributed by atoms with van der Waals surface area (Å²) in [6, 6.07) is 9.39. The van der Waals surface area contributed by atoms with Crippen LogP contribution in [0.3, 0.4) is 0 Å². The van der Waals surface area contributed by atoms with Crippen molar-refractivity contribution >= 4 is 17.2 Å². The Morgan fingerprint density at radius 3 is 2.85 bits per heavy atom. The van der Waals surface area contributed by atoms with Gasteiger partial charge in [0.25, 0.3) is 5.56 Å². The molecule has 0 amide bonds. The lowest BCUT2D eigenvalue weighted by Crippen LogP contribution is -2.22. The zero-order valence-electron chi connectivity index (χ0n) is 11.3. The molecule has 0 unspecified atom stereocenters. The lowest BCUT2D eigenvalue weighted by Gasteiger charge is -2.06. The standard InChI is InChI=1S/C15H14ClN3O/c1-9-6-14-17-10(2)13(15(20)19(14)18-9)8-11-4-3-5-12(16)7-11/h3-7,18H,8H2,1-2H3. The molecule has 0 spiro atoms. The number of hydrogen-bond donors (Lipinski definition) is 1. The van der Waals surface area contributed by atoms with Crippen LogP contribution >= 0.6 is 11.6 Å². The highest BCUT2D eigenvalue weighted by atomic mass is 35.5. The van der Waals surface area contributed by atoms with Gasteiger partial charge in [0.15, 0.2) is 5.65 Å². The van der Waals surface area contributed by atoms with Crippen molar-refractivity contribution in [2.45, 2.75) is 20.3 Å². The number of nitrogens with one attached hydrogen (secondary N) is 1.